The van der Waals surface area contributed by atoms with E-state index in [0.717, 1.165) is 39.0 Å². The fourth-order valence-electron chi connectivity index (χ4n) is 3.00. The smallest absolute Gasteiger partial charge is 0.206 e. The van der Waals surface area contributed by atoms with Gasteiger partial charge in [0.2, 0.25) is 5.96 Å². The second-order valence-electron chi connectivity index (χ2n) is 6.20. The zero-order chi connectivity index (χ0) is 19.3. The van der Waals surface area contributed by atoms with Crippen LogP contribution < -0.4 is 14.8 Å². The van der Waals surface area contributed by atoms with Crippen LogP contribution in [0, 0.1) is 0 Å². The predicted octanol–water partition coefficient (Wildman–Crippen LogP) is 4.91. The Labute approximate surface area is 173 Å². The number of ether oxygens (including phenoxy) is 1. The van der Waals surface area contributed by atoms with Crippen molar-refractivity contribution in [3.8, 4) is 5.75 Å². The fraction of sp³-hybridized carbons (Fsp3) is 0.143. The lowest BCUT2D eigenvalue weighted by molar-refractivity contribution is 0.407. The topological polar surface area (TPSA) is 58.5 Å². The Bertz CT molecular complexity index is 1020. The number of methoxy groups -OCH3 is 1. The number of aromatic nitrogens is 1. The average Bonchev–Trinajstić information content (AvgIpc) is 2.74. The van der Waals surface area contributed by atoms with Crippen molar-refractivity contribution in [2.75, 3.05) is 12.4 Å². The van der Waals surface area contributed by atoms with Crippen LogP contribution in [0.25, 0.3) is 0 Å². The Morgan fingerprint density at radius 2 is 1.93 bits per heavy atom. The first kappa shape index (κ1) is 18.7. The number of nitrogens with one attached hydrogen (secondary N) is 2. The Kier molecular flexibility index (Phi) is 5.69. The summed E-state index contributed by atoms with van der Waals surface area (Å²) in [4.78, 5) is 10.1. The van der Waals surface area contributed by atoms with Crippen molar-refractivity contribution in [1.82, 2.24) is 9.71 Å². The standard InChI is InChI=1S/C21H19ClN4OS/c1-27-18-9-5-11-23-17(18)13-24-21-25-20-15(7-4-10-19(20)28-26-21)12-14-6-2-3-8-16(14)22/h2-11H,12-13H2,1H3,(H2,24,25,26). The van der Waals surface area contributed by atoms with Gasteiger partial charge in [-0.15, -0.1) is 0 Å². The highest BCUT2D eigenvalue weighted by Gasteiger charge is 2.18. The maximum Gasteiger partial charge on any atom is 0.206 e. The van der Waals surface area contributed by atoms with Crippen LogP contribution in [0.4, 0.5) is 5.69 Å². The Balaban J connectivity index is 1.57. The van der Waals surface area contributed by atoms with E-state index >= 15 is 0 Å². The third kappa shape index (κ3) is 4.08. The van der Waals surface area contributed by atoms with Crippen LogP contribution >= 0.6 is 23.5 Å². The van der Waals surface area contributed by atoms with Crippen LogP contribution in [-0.4, -0.2) is 18.1 Å². The van der Waals surface area contributed by atoms with Gasteiger partial charge >= 0.3 is 0 Å². The first-order valence-electron chi connectivity index (χ1n) is 8.82. The van der Waals surface area contributed by atoms with Crippen molar-refractivity contribution in [3.63, 3.8) is 0 Å². The lowest BCUT2D eigenvalue weighted by atomic mass is 10.0. The predicted molar refractivity (Wildman–Crippen MR) is 115 cm³/mol. The summed E-state index contributed by atoms with van der Waals surface area (Å²) in [6.07, 6.45) is 2.49. The number of hydrogen-bond donors (Lipinski definition) is 2. The zero-order valence-corrected chi connectivity index (χ0v) is 16.8. The summed E-state index contributed by atoms with van der Waals surface area (Å²) >= 11 is 7.89. The van der Waals surface area contributed by atoms with E-state index in [1.807, 2.05) is 30.3 Å². The maximum absolute atomic E-state index is 6.35. The molecule has 1 aliphatic heterocycles. The normalized spacial score (nSPS) is 14.1. The van der Waals surface area contributed by atoms with E-state index < -0.39 is 0 Å². The first-order valence-corrected chi connectivity index (χ1v) is 10.0. The molecule has 0 fully saturated rings. The van der Waals surface area contributed by atoms with E-state index in [1.54, 1.807) is 25.3 Å². The van der Waals surface area contributed by atoms with E-state index in [4.69, 9.17) is 16.3 Å². The molecule has 2 aromatic carbocycles. The van der Waals surface area contributed by atoms with Gasteiger partial charge in [-0.25, -0.2) is 4.99 Å². The van der Waals surface area contributed by atoms with Gasteiger partial charge in [0, 0.05) is 17.6 Å². The van der Waals surface area contributed by atoms with Gasteiger partial charge in [0.1, 0.15) is 11.4 Å². The number of aliphatic imine (C=N–C) groups is 1. The second-order valence-corrected chi connectivity index (χ2v) is 7.46. The van der Waals surface area contributed by atoms with Gasteiger partial charge in [0.05, 0.1) is 24.2 Å². The number of para-hydroxylation sites is 1. The molecule has 0 aliphatic carbocycles. The van der Waals surface area contributed by atoms with Crippen LogP contribution in [0.5, 0.6) is 5.75 Å². The van der Waals surface area contributed by atoms with Crippen molar-refractivity contribution in [2.45, 2.75) is 17.9 Å². The average molecular weight is 411 g/mol. The molecule has 2 heterocycles. The highest BCUT2D eigenvalue weighted by atomic mass is 35.5. The van der Waals surface area contributed by atoms with Crippen LogP contribution in [0.15, 0.2) is 70.7 Å². The second kappa shape index (κ2) is 8.54. The summed E-state index contributed by atoms with van der Waals surface area (Å²) in [6.45, 7) is 0.419. The molecule has 0 saturated carbocycles. The summed E-state index contributed by atoms with van der Waals surface area (Å²) in [5.74, 6) is 1.42. The Morgan fingerprint density at radius 3 is 2.79 bits per heavy atom. The van der Waals surface area contributed by atoms with Gasteiger partial charge < -0.3 is 10.1 Å². The summed E-state index contributed by atoms with van der Waals surface area (Å²) in [5.41, 5.74) is 4.11. The van der Waals surface area contributed by atoms with Crippen molar-refractivity contribution >= 4 is 35.2 Å². The molecule has 0 saturated heterocycles. The molecule has 1 aliphatic rings. The van der Waals surface area contributed by atoms with Gasteiger partial charge in [-0.1, -0.05) is 41.9 Å². The van der Waals surface area contributed by atoms with Crippen molar-refractivity contribution in [2.24, 2.45) is 4.99 Å². The monoisotopic (exact) mass is 410 g/mol. The Hall–Kier alpha value is -2.70. The van der Waals surface area contributed by atoms with E-state index in [9.17, 15) is 0 Å². The quantitative estimate of drug-likeness (QED) is 0.585. The minimum absolute atomic E-state index is 0.419. The number of anilines is 1. The van der Waals surface area contributed by atoms with Crippen molar-refractivity contribution in [3.05, 3.63) is 82.6 Å². The molecule has 1 aromatic heterocycles. The van der Waals surface area contributed by atoms with Crippen LogP contribution in [0.1, 0.15) is 16.8 Å². The minimum atomic E-state index is 0.419. The molecule has 3 aromatic rings. The number of benzene rings is 2. The number of halogens is 1. The zero-order valence-electron chi connectivity index (χ0n) is 15.3. The van der Waals surface area contributed by atoms with Gasteiger partial charge in [-0.3, -0.25) is 9.71 Å². The molecular formula is C21H19ClN4OS. The molecule has 4 rings (SSSR count). The largest absolute Gasteiger partial charge is 0.495 e. The summed E-state index contributed by atoms with van der Waals surface area (Å²) in [7, 11) is 1.64. The third-order valence-electron chi connectivity index (χ3n) is 4.41. The summed E-state index contributed by atoms with van der Waals surface area (Å²) in [5, 5.41) is 4.20. The fourth-order valence-corrected chi connectivity index (χ4v) is 3.95. The summed E-state index contributed by atoms with van der Waals surface area (Å²) < 4.78 is 8.59. The molecule has 0 atom stereocenters. The number of nitrogens with zero attached hydrogens (tertiary/aromatic N) is 2. The molecule has 0 radical (unpaired) electrons. The van der Waals surface area contributed by atoms with Crippen molar-refractivity contribution in [1.29, 1.82) is 0 Å². The number of hydrogen-bond acceptors (Lipinski definition) is 4. The van der Waals surface area contributed by atoms with E-state index in [2.05, 4.69) is 44.3 Å². The molecular weight excluding hydrogens is 392 g/mol. The van der Waals surface area contributed by atoms with E-state index in [-0.39, 0.29) is 0 Å². The maximum atomic E-state index is 6.35. The molecule has 5 nitrogen and oxygen atoms in total. The van der Waals surface area contributed by atoms with Crippen LogP contribution in [-0.2, 0) is 13.0 Å². The lowest BCUT2D eigenvalue weighted by Crippen LogP contribution is -2.30. The Morgan fingerprint density at radius 1 is 1.07 bits per heavy atom. The lowest BCUT2D eigenvalue weighted by Gasteiger charge is -2.23. The van der Waals surface area contributed by atoms with Crippen molar-refractivity contribution < 1.29 is 4.74 Å². The van der Waals surface area contributed by atoms with Gasteiger partial charge in [-0.2, -0.15) is 0 Å². The molecule has 0 bridgehead atoms. The molecule has 2 N–H and O–H groups in total. The van der Waals surface area contributed by atoms with Crippen LogP contribution in [0.3, 0.4) is 0 Å². The van der Waals surface area contributed by atoms with Gasteiger partial charge in [0.15, 0.2) is 0 Å². The highest BCUT2D eigenvalue weighted by molar-refractivity contribution is 7.98. The highest BCUT2D eigenvalue weighted by Crippen LogP contribution is 2.34. The van der Waals surface area contributed by atoms with Gasteiger partial charge in [0.25, 0.3) is 0 Å². The molecule has 0 unspecified atom stereocenters. The number of rotatable bonds is 5. The SMILES string of the molecule is COc1cccnc1CN=C1NSc2cccc(Cc3ccccc3Cl)c2N1. The third-order valence-corrected chi connectivity index (χ3v) is 5.63. The van der Waals surface area contributed by atoms with E-state index in [0.29, 0.717) is 12.5 Å². The van der Waals surface area contributed by atoms with Gasteiger partial charge in [-0.05, 0) is 47.3 Å². The summed E-state index contributed by atoms with van der Waals surface area (Å²) in [6, 6.07) is 17.9. The number of pyridine rings is 1. The first-order chi connectivity index (χ1) is 13.7. The van der Waals surface area contributed by atoms with E-state index in [1.165, 1.54) is 5.56 Å². The minimum Gasteiger partial charge on any atom is -0.495 e. The number of guanidine groups is 1. The molecule has 142 valence electrons. The molecule has 7 heteroatoms. The number of fused-ring (bicyclic) bond motifs is 1. The molecule has 28 heavy (non-hydrogen) atoms. The molecule has 0 amide bonds. The van der Waals surface area contributed by atoms with Crippen LogP contribution in [0.2, 0.25) is 5.02 Å². The molecule has 0 spiro atoms.